The third-order valence-electron chi connectivity index (χ3n) is 8.94. The van der Waals surface area contributed by atoms with Gasteiger partial charge in [-0.1, -0.05) is 78.9 Å². The first-order valence-electron chi connectivity index (χ1n) is 16.8. The second-order valence-electron chi connectivity index (χ2n) is 12.5. The van der Waals surface area contributed by atoms with E-state index in [1.165, 1.54) is 24.3 Å². The van der Waals surface area contributed by atoms with E-state index in [9.17, 15) is 22.8 Å². The van der Waals surface area contributed by atoms with Crippen LogP contribution in [0.3, 0.4) is 0 Å². The molecule has 6 rings (SSSR count). The maximum atomic E-state index is 14.5. The van der Waals surface area contributed by atoms with E-state index in [0.29, 0.717) is 44.7 Å². The number of carbonyl (C=O) groups excluding carboxylic acids is 2. The normalized spacial score (nSPS) is 14.4. The predicted octanol–water partition coefficient (Wildman–Crippen LogP) is 7.16. The van der Waals surface area contributed by atoms with Gasteiger partial charge in [0.1, 0.15) is 6.04 Å². The van der Waals surface area contributed by atoms with E-state index in [1.54, 1.807) is 17.3 Å². The number of nitrogens with zero attached hydrogens (tertiary/aromatic N) is 5. The molecule has 51 heavy (non-hydrogen) atoms. The van der Waals surface area contributed by atoms with Crippen LogP contribution in [0.15, 0.2) is 134 Å². The summed E-state index contributed by atoms with van der Waals surface area (Å²) in [6.07, 6.45) is 2.15. The van der Waals surface area contributed by atoms with Gasteiger partial charge in [-0.15, -0.1) is 0 Å². The summed E-state index contributed by atoms with van der Waals surface area (Å²) in [5.74, 6) is -0.579. The molecule has 1 fully saturated rings. The van der Waals surface area contributed by atoms with Crippen molar-refractivity contribution < 1.29 is 22.8 Å². The Balaban J connectivity index is 1.28. The highest BCUT2D eigenvalue weighted by Gasteiger charge is 2.34. The van der Waals surface area contributed by atoms with Crippen LogP contribution in [0.5, 0.6) is 0 Å². The lowest BCUT2D eigenvalue weighted by atomic mass is 10.0. The van der Waals surface area contributed by atoms with Crippen LogP contribution in [0.1, 0.15) is 27.9 Å². The second kappa shape index (κ2) is 16.4. The van der Waals surface area contributed by atoms with Crippen LogP contribution < -0.4 is 0 Å². The summed E-state index contributed by atoms with van der Waals surface area (Å²) in [5.41, 5.74) is 4.08. The van der Waals surface area contributed by atoms with E-state index >= 15 is 0 Å². The molecular formula is C41H38F3N5O2. The quantitative estimate of drug-likeness (QED) is 0.138. The van der Waals surface area contributed by atoms with Gasteiger partial charge >= 0.3 is 6.18 Å². The Bertz CT molecular complexity index is 1900. The standard InChI is InChI=1S/C41H38F3N5O2/c42-41(43,44)35-19-14-31(15-20-35)16-21-39(50)49(29-33-12-17-34(18-13-33)37-11-5-7-23-46-37)38(28-32-8-2-1-3-9-32)40(51)48-26-24-47(25-27-48)30-36-10-4-6-22-45-36/h1-23,38H,24-30H2/b21-16+/t38-/m0/s1. The maximum Gasteiger partial charge on any atom is 0.416 e. The average molecular weight is 690 g/mol. The molecular weight excluding hydrogens is 651 g/mol. The topological polar surface area (TPSA) is 69.6 Å². The molecule has 0 aliphatic carbocycles. The van der Waals surface area contributed by atoms with Gasteiger partial charge in [0.2, 0.25) is 11.8 Å². The van der Waals surface area contributed by atoms with Crippen molar-refractivity contribution in [3.63, 3.8) is 0 Å². The fraction of sp³-hybridized carbons (Fsp3) is 0.220. The number of aromatic nitrogens is 2. The summed E-state index contributed by atoms with van der Waals surface area (Å²) in [4.78, 5) is 43.2. The molecule has 0 radical (unpaired) electrons. The van der Waals surface area contributed by atoms with Gasteiger partial charge in [-0.05, 0) is 59.2 Å². The zero-order chi connectivity index (χ0) is 35.6. The van der Waals surface area contributed by atoms with E-state index in [0.717, 1.165) is 40.2 Å². The molecule has 1 saturated heterocycles. The molecule has 10 heteroatoms. The van der Waals surface area contributed by atoms with Gasteiger partial charge in [-0.2, -0.15) is 13.2 Å². The van der Waals surface area contributed by atoms with E-state index in [-0.39, 0.29) is 12.5 Å². The molecule has 7 nitrogen and oxygen atoms in total. The van der Waals surface area contributed by atoms with Gasteiger partial charge in [0.05, 0.1) is 17.0 Å². The van der Waals surface area contributed by atoms with Crippen LogP contribution in [0, 0.1) is 0 Å². The summed E-state index contributed by atoms with van der Waals surface area (Å²) in [5, 5.41) is 0. The van der Waals surface area contributed by atoms with Crippen molar-refractivity contribution in [2.75, 3.05) is 26.2 Å². The fourth-order valence-electron chi connectivity index (χ4n) is 6.13. The van der Waals surface area contributed by atoms with Gasteiger partial charge < -0.3 is 9.80 Å². The van der Waals surface area contributed by atoms with Crippen molar-refractivity contribution >= 4 is 17.9 Å². The Kier molecular flexibility index (Phi) is 11.3. The molecule has 5 aromatic rings. The Hall–Kier alpha value is -5.61. The number of benzene rings is 3. The van der Waals surface area contributed by atoms with Crippen LogP contribution in [0.4, 0.5) is 13.2 Å². The number of pyridine rings is 2. The van der Waals surface area contributed by atoms with Crippen LogP contribution in [0.2, 0.25) is 0 Å². The molecule has 1 aliphatic rings. The molecule has 2 aromatic heterocycles. The molecule has 1 aliphatic heterocycles. The highest BCUT2D eigenvalue weighted by molar-refractivity contribution is 5.95. The smallest absolute Gasteiger partial charge is 0.338 e. The van der Waals surface area contributed by atoms with Crippen LogP contribution in [-0.2, 0) is 35.3 Å². The summed E-state index contributed by atoms with van der Waals surface area (Å²) in [7, 11) is 0. The lowest BCUT2D eigenvalue weighted by Crippen LogP contribution is -2.56. The van der Waals surface area contributed by atoms with E-state index < -0.39 is 23.7 Å². The van der Waals surface area contributed by atoms with Crippen molar-refractivity contribution in [3.8, 4) is 11.3 Å². The minimum absolute atomic E-state index is 0.140. The maximum absolute atomic E-state index is 14.5. The average Bonchev–Trinajstić information content (AvgIpc) is 3.16. The summed E-state index contributed by atoms with van der Waals surface area (Å²) in [6.45, 7) is 3.15. The number of carbonyl (C=O) groups is 2. The SMILES string of the molecule is O=C([C@H](Cc1ccccc1)N(Cc1ccc(-c2ccccn2)cc1)C(=O)/C=C/c1ccc(C(F)(F)F)cc1)N1CCN(Cc2ccccn2)CC1. The van der Waals surface area contributed by atoms with Gasteiger partial charge in [-0.25, -0.2) is 0 Å². The number of piperazine rings is 1. The number of alkyl halides is 3. The molecule has 3 aromatic carbocycles. The Morgan fingerprint density at radius 1 is 0.745 bits per heavy atom. The Morgan fingerprint density at radius 2 is 1.41 bits per heavy atom. The lowest BCUT2D eigenvalue weighted by Gasteiger charge is -2.39. The minimum atomic E-state index is -4.46. The minimum Gasteiger partial charge on any atom is -0.338 e. The van der Waals surface area contributed by atoms with E-state index in [2.05, 4.69) is 14.9 Å². The van der Waals surface area contributed by atoms with Crippen LogP contribution in [-0.4, -0.2) is 68.7 Å². The summed E-state index contributed by atoms with van der Waals surface area (Å²) in [6, 6.07) is 32.6. The second-order valence-corrected chi connectivity index (χ2v) is 12.5. The molecule has 2 amide bonds. The fourth-order valence-corrected chi connectivity index (χ4v) is 6.13. The predicted molar refractivity (Wildman–Crippen MR) is 191 cm³/mol. The first kappa shape index (κ1) is 35.2. The molecule has 0 bridgehead atoms. The Labute approximate surface area is 295 Å². The number of hydrogen-bond donors (Lipinski definition) is 0. The van der Waals surface area contributed by atoms with E-state index in [4.69, 9.17) is 0 Å². The highest BCUT2D eigenvalue weighted by atomic mass is 19.4. The number of hydrogen-bond acceptors (Lipinski definition) is 5. The Morgan fingerprint density at radius 3 is 2.04 bits per heavy atom. The zero-order valence-electron chi connectivity index (χ0n) is 28.0. The number of halogens is 3. The van der Waals surface area contributed by atoms with Crippen LogP contribution in [0.25, 0.3) is 17.3 Å². The number of rotatable bonds is 11. The van der Waals surface area contributed by atoms with Gasteiger partial charge in [0, 0.05) is 69.7 Å². The number of amides is 2. The van der Waals surface area contributed by atoms with Crippen molar-refractivity contribution in [1.29, 1.82) is 0 Å². The third kappa shape index (κ3) is 9.55. The van der Waals surface area contributed by atoms with Crippen molar-refractivity contribution in [1.82, 2.24) is 24.7 Å². The van der Waals surface area contributed by atoms with E-state index in [1.807, 2.05) is 95.9 Å². The molecule has 0 spiro atoms. The molecule has 1 atom stereocenters. The molecule has 260 valence electrons. The van der Waals surface area contributed by atoms with Crippen LogP contribution >= 0.6 is 0 Å². The van der Waals surface area contributed by atoms with Gasteiger partial charge in [0.25, 0.3) is 0 Å². The largest absolute Gasteiger partial charge is 0.416 e. The highest BCUT2D eigenvalue weighted by Crippen LogP contribution is 2.29. The first-order valence-corrected chi connectivity index (χ1v) is 16.8. The lowest BCUT2D eigenvalue weighted by molar-refractivity contribution is -0.145. The third-order valence-corrected chi connectivity index (χ3v) is 8.94. The van der Waals surface area contributed by atoms with Gasteiger partial charge in [0.15, 0.2) is 0 Å². The van der Waals surface area contributed by atoms with Gasteiger partial charge in [-0.3, -0.25) is 24.5 Å². The summed E-state index contributed by atoms with van der Waals surface area (Å²) >= 11 is 0. The van der Waals surface area contributed by atoms with Crippen molar-refractivity contribution in [2.24, 2.45) is 0 Å². The molecule has 0 unspecified atom stereocenters. The zero-order valence-corrected chi connectivity index (χ0v) is 28.0. The molecule has 0 N–H and O–H groups in total. The van der Waals surface area contributed by atoms with Crippen molar-refractivity contribution in [3.05, 3.63) is 162 Å². The monoisotopic (exact) mass is 689 g/mol. The van der Waals surface area contributed by atoms with Crippen molar-refractivity contribution in [2.45, 2.75) is 31.7 Å². The first-order chi connectivity index (χ1) is 24.7. The summed E-state index contributed by atoms with van der Waals surface area (Å²) < 4.78 is 39.5. The molecule has 3 heterocycles. The molecule has 0 saturated carbocycles.